The second-order valence-electron chi connectivity index (χ2n) is 7.69. The smallest absolute Gasteiger partial charge is 0.328 e. The normalized spacial score (nSPS) is 14.7. The Hall–Kier alpha value is -4.12. The molecule has 1 saturated heterocycles. The molecule has 3 amide bonds. The molecule has 3 rings (SSSR count). The average Bonchev–Trinajstić information content (AvgIpc) is 3.21. The van der Waals surface area contributed by atoms with Crippen molar-refractivity contribution in [3.8, 4) is 0 Å². The van der Waals surface area contributed by atoms with Gasteiger partial charge < -0.3 is 20.1 Å². The van der Waals surface area contributed by atoms with Crippen LogP contribution in [0, 0.1) is 0 Å². The second-order valence-corrected chi connectivity index (χ2v) is 8.70. The molecule has 0 radical (unpaired) electrons. The zero-order valence-corrected chi connectivity index (χ0v) is 20.5. The first-order chi connectivity index (χ1) is 17.3. The number of methoxy groups -OCH3 is 2. The van der Waals surface area contributed by atoms with E-state index in [-0.39, 0.29) is 18.1 Å². The van der Waals surface area contributed by atoms with Gasteiger partial charge in [-0.15, -0.1) is 0 Å². The Bertz CT molecular complexity index is 1180. The van der Waals surface area contributed by atoms with Gasteiger partial charge in [-0.1, -0.05) is 24.3 Å². The predicted octanol–water partition coefficient (Wildman–Crippen LogP) is 2.85. The molecule has 1 aliphatic heterocycles. The molecule has 0 aromatic heterocycles. The Balaban J connectivity index is 1.54. The van der Waals surface area contributed by atoms with Gasteiger partial charge >= 0.3 is 11.9 Å². The third-order valence-corrected chi connectivity index (χ3v) is 6.03. The van der Waals surface area contributed by atoms with Crippen LogP contribution in [0.3, 0.4) is 0 Å². The summed E-state index contributed by atoms with van der Waals surface area (Å²) in [5.41, 5.74) is 2.92. The summed E-state index contributed by atoms with van der Waals surface area (Å²) in [6.07, 6.45) is 1.68. The van der Waals surface area contributed by atoms with Crippen molar-refractivity contribution in [2.75, 3.05) is 19.5 Å². The van der Waals surface area contributed by atoms with Crippen LogP contribution in [0.25, 0.3) is 6.08 Å². The van der Waals surface area contributed by atoms with Crippen LogP contribution >= 0.6 is 11.8 Å². The number of esters is 2. The zero-order chi connectivity index (χ0) is 26.1. The number of hydrogen-bond donors (Lipinski definition) is 3. The van der Waals surface area contributed by atoms with E-state index in [0.717, 1.165) is 28.6 Å². The van der Waals surface area contributed by atoms with Gasteiger partial charge in [0, 0.05) is 24.2 Å². The number of carbonyl (C=O) groups excluding carboxylic acids is 5. The van der Waals surface area contributed by atoms with Crippen LogP contribution in [0.1, 0.15) is 34.3 Å². The number of anilines is 1. The molecular weight excluding hydrogens is 486 g/mol. The van der Waals surface area contributed by atoms with Crippen molar-refractivity contribution in [1.29, 1.82) is 0 Å². The fourth-order valence-electron chi connectivity index (χ4n) is 3.24. The summed E-state index contributed by atoms with van der Waals surface area (Å²) in [6, 6.07) is 13.3. The van der Waals surface area contributed by atoms with Crippen molar-refractivity contribution in [3.63, 3.8) is 0 Å². The van der Waals surface area contributed by atoms with E-state index in [1.54, 1.807) is 30.3 Å². The predicted molar refractivity (Wildman–Crippen MR) is 134 cm³/mol. The third-order valence-electron chi connectivity index (χ3n) is 5.22. The van der Waals surface area contributed by atoms with Gasteiger partial charge in [0.2, 0.25) is 0 Å². The van der Waals surface area contributed by atoms with Crippen LogP contribution < -0.4 is 16.0 Å². The van der Waals surface area contributed by atoms with Crippen LogP contribution in [0.2, 0.25) is 0 Å². The van der Waals surface area contributed by atoms with Crippen molar-refractivity contribution >= 4 is 52.5 Å². The largest absolute Gasteiger partial charge is 0.469 e. The molecule has 2 aromatic carbocycles. The number of thioether (sulfide) groups is 1. The van der Waals surface area contributed by atoms with E-state index >= 15 is 0 Å². The molecule has 1 fully saturated rings. The Morgan fingerprint density at radius 2 is 1.69 bits per heavy atom. The fourth-order valence-corrected chi connectivity index (χ4v) is 3.93. The molecule has 0 aliphatic carbocycles. The van der Waals surface area contributed by atoms with Crippen LogP contribution in [-0.2, 0) is 30.4 Å². The SMILES string of the molecule is COC(=O)CC[C@@H](NC(=O)c1ccc(CNc2ccc(/C=C3\SC(=O)NC3=O)cc2)cc1)C(=O)OC. The van der Waals surface area contributed by atoms with Crippen molar-refractivity contribution < 1.29 is 33.4 Å². The maximum absolute atomic E-state index is 12.6. The maximum atomic E-state index is 12.6. The van der Waals surface area contributed by atoms with Gasteiger partial charge in [0.05, 0.1) is 19.1 Å². The summed E-state index contributed by atoms with van der Waals surface area (Å²) in [4.78, 5) is 59.2. The highest BCUT2D eigenvalue weighted by Crippen LogP contribution is 2.26. The molecule has 1 heterocycles. The van der Waals surface area contributed by atoms with Crippen molar-refractivity contribution in [3.05, 3.63) is 70.1 Å². The molecule has 0 bridgehead atoms. The third kappa shape index (κ3) is 7.44. The van der Waals surface area contributed by atoms with Gasteiger partial charge in [0.1, 0.15) is 6.04 Å². The highest BCUT2D eigenvalue weighted by molar-refractivity contribution is 8.18. The summed E-state index contributed by atoms with van der Waals surface area (Å²) in [7, 11) is 2.46. The minimum atomic E-state index is -0.969. The summed E-state index contributed by atoms with van der Waals surface area (Å²) in [5, 5.41) is 7.70. The van der Waals surface area contributed by atoms with Gasteiger partial charge in [0.15, 0.2) is 0 Å². The Morgan fingerprint density at radius 3 is 2.28 bits per heavy atom. The molecule has 1 aliphatic rings. The molecule has 0 spiro atoms. The summed E-state index contributed by atoms with van der Waals surface area (Å²) in [6.45, 7) is 0.499. The van der Waals surface area contributed by atoms with Crippen molar-refractivity contribution in [1.82, 2.24) is 10.6 Å². The van der Waals surface area contributed by atoms with Crippen molar-refractivity contribution in [2.24, 2.45) is 0 Å². The first-order valence-corrected chi connectivity index (χ1v) is 11.7. The monoisotopic (exact) mass is 511 g/mol. The minimum Gasteiger partial charge on any atom is -0.469 e. The lowest BCUT2D eigenvalue weighted by Gasteiger charge is -2.16. The molecular formula is C25H25N3O7S. The lowest BCUT2D eigenvalue weighted by atomic mass is 10.1. The van der Waals surface area contributed by atoms with E-state index in [1.165, 1.54) is 14.2 Å². The Morgan fingerprint density at radius 1 is 1.00 bits per heavy atom. The van der Waals surface area contributed by atoms with Crippen molar-refractivity contribution in [2.45, 2.75) is 25.4 Å². The molecule has 188 valence electrons. The number of nitrogens with one attached hydrogen (secondary N) is 3. The van der Waals surface area contributed by atoms with Crippen LogP contribution in [0.4, 0.5) is 10.5 Å². The lowest BCUT2D eigenvalue weighted by molar-refractivity contribution is -0.144. The number of hydrogen-bond acceptors (Lipinski definition) is 9. The molecule has 10 nitrogen and oxygen atoms in total. The van der Waals surface area contributed by atoms with Crippen LogP contribution in [-0.4, -0.2) is 49.3 Å². The quantitative estimate of drug-likeness (QED) is 0.324. The molecule has 2 aromatic rings. The van der Waals surface area contributed by atoms with Gasteiger partial charge in [0.25, 0.3) is 17.1 Å². The second kappa shape index (κ2) is 12.5. The highest BCUT2D eigenvalue weighted by Gasteiger charge is 2.25. The summed E-state index contributed by atoms with van der Waals surface area (Å²) >= 11 is 0.869. The Kier molecular flexibility index (Phi) is 9.23. The number of benzene rings is 2. The van der Waals surface area contributed by atoms with E-state index in [1.807, 2.05) is 24.3 Å². The van der Waals surface area contributed by atoms with Gasteiger partial charge in [-0.25, -0.2) is 4.79 Å². The number of rotatable bonds is 10. The fraction of sp³-hybridized carbons (Fsp3) is 0.240. The van der Waals surface area contributed by atoms with E-state index in [4.69, 9.17) is 4.74 Å². The van der Waals surface area contributed by atoms with E-state index in [2.05, 4.69) is 20.7 Å². The molecule has 0 unspecified atom stereocenters. The number of imide groups is 1. The average molecular weight is 512 g/mol. The van der Waals surface area contributed by atoms with Crippen LogP contribution in [0.15, 0.2) is 53.4 Å². The topological polar surface area (TPSA) is 140 Å². The summed E-state index contributed by atoms with van der Waals surface area (Å²) < 4.78 is 9.28. The van der Waals surface area contributed by atoms with E-state index < -0.39 is 29.8 Å². The van der Waals surface area contributed by atoms with Gasteiger partial charge in [-0.3, -0.25) is 24.5 Å². The van der Waals surface area contributed by atoms with Gasteiger partial charge in [-0.05, 0) is 59.7 Å². The number of amides is 3. The molecule has 1 atom stereocenters. The van der Waals surface area contributed by atoms with E-state index in [0.29, 0.717) is 17.0 Å². The zero-order valence-electron chi connectivity index (χ0n) is 19.7. The molecule has 0 saturated carbocycles. The lowest BCUT2D eigenvalue weighted by Crippen LogP contribution is -2.41. The van der Waals surface area contributed by atoms with E-state index in [9.17, 15) is 24.0 Å². The molecule has 3 N–H and O–H groups in total. The molecule has 11 heteroatoms. The highest BCUT2D eigenvalue weighted by atomic mass is 32.2. The molecule has 36 heavy (non-hydrogen) atoms. The van der Waals surface area contributed by atoms with Gasteiger partial charge in [-0.2, -0.15) is 0 Å². The Labute approximate surface area is 211 Å². The standard InChI is InChI=1S/C25H25N3O7S/c1-34-21(29)12-11-19(24(32)35-2)27-22(30)17-7-3-16(4-8-17)14-26-18-9-5-15(6-10-18)13-20-23(31)28-25(33)36-20/h3-10,13,19,26H,11-12,14H2,1-2H3,(H,27,30)(H,28,31,33)/b20-13-/t19-/m1/s1. The maximum Gasteiger partial charge on any atom is 0.328 e. The minimum absolute atomic E-state index is 0.0342. The summed E-state index contributed by atoms with van der Waals surface area (Å²) in [5.74, 6) is -1.99. The first kappa shape index (κ1) is 26.5. The number of carbonyl (C=O) groups is 5. The van der Waals surface area contributed by atoms with Crippen LogP contribution in [0.5, 0.6) is 0 Å². The first-order valence-electron chi connectivity index (χ1n) is 10.9. The number of ether oxygens (including phenoxy) is 2.